The van der Waals surface area contributed by atoms with Crippen molar-refractivity contribution in [3.8, 4) is 11.5 Å². The van der Waals surface area contributed by atoms with Crippen LogP contribution in [0.1, 0.15) is 81.0 Å². The van der Waals surface area contributed by atoms with Gasteiger partial charge < -0.3 is 9.84 Å². The maximum absolute atomic E-state index is 10.6. The third-order valence-corrected chi connectivity index (χ3v) is 4.74. The van der Waals surface area contributed by atoms with Crippen LogP contribution in [-0.4, -0.2) is 23.3 Å². The first-order valence-electron chi connectivity index (χ1n) is 9.25. The predicted octanol–water partition coefficient (Wildman–Crippen LogP) is 6.27. The first-order chi connectivity index (χ1) is 11.8. The molecule has 0 saturated heterocycles. The molecule has 1 rings (SSSR count). The van der Waals surface area contributed by atoms with Gasteiger partial charge in [0.2, 0.25) is 0 Å². The van der Waals surface area contributed by atoms with E-state index in [1.165, 1.54) is 70.3 Å². The molecule has 1 aromatic carbocycles. The van der Waals surface area contributed by atoms with E-state index in [0.29, 0.717) is 24.2 Å². The minimum atomic E-state index is -0.0188. The molecule has 0 fully saturated rings. The Morgan fingerprint density at radius 2 is 1.42 bits per heavy atom. The number of hydrogen-bond acceptors (Lipinski definition) is 3. The summed E-state index contributed by atoms with van der Waals surface area (Å²) in [6.45, 7) is 0.660. The number of benzene rings is 1. The fourth-order valence-corrected chi connectivity index (χ4v) is 3.09. The standard InChI is InChI=1S/C20H31BrO3/c21-14-10-8-6-4-2-1-3-5-7-9-11-15-24-19-13-12-18(17-22)20(23)16-19/h12-13,16-17,23H,1-11,14-15H2. The van der Waals surface area contributed by atoms with Crippen LogP contribution in [0.25, 0.3) is 0 Å². The van der Waals surface area contributed by atoms with Gasteiger partial charge in [0.15, 0.2) is 6.29 Å². The van der Waals surface area contributed by atoms with E-state index in [-0.39, 0.29) is 5.75 Å². The first-order valence-corrected chi connectivity index (χ1v) is 10.4. The predicted molar refractivity (Wildman–Crippen MR) is 104 cm³/mol. The van der Waals surface area contributed by atoms with Gasteiger partial charge in [0.25, 0.3) is 0 Å². The largest absolute Gasteiger partial charge is 0.507 e. The highest BCUT2D eigenvalue weighted by molar-refractivity contribution is 9.09. The molecule has 0 unspecified atom stereocenters. The van der Waals surface area contributed by atoms with Crippen molar-refractivity contribution in [2.45, 2.75) is 70.6 Å². The number of carbonyl (C=O) groups is 1. The summed E-state index contributed by atoms with van der Waals surface area (Å²) in [4.78, 5) is 10.6. The van der Waals surface area contributed by atoms with Gasteiger partial charge in [-0.3, -0.25) is 4.79 Å². The van der Waals surface area contributed by atoms with Gasteiger partial charge in [-0.15, -0.1) is 0 Å². The summed E-state index contributed by atoms with van der Waals surface area (Å²) in [6.07, 6.45) is 15.0. The molecular formula is C20H31BrO3. The Hall–Kier alpha value is -1.03. The summed E-state index contributed by atoms with van der Waals surface area (Å²) in [5.41, 5.74) is 0.297. The van der Waals surface area contributed by atoms with Gasteiger partial charge in [-0.1, -0.05) is 73.7 Å². The van der Waals surface area contributed by atoms with Crippen molar-refractivity contribution < 1.29 is 14.6 Å². The van der Waals surface area contributed by atoms with Crippen LogP contribution >= 0.6 is 15.9 Å². The number of phenolic OH excluding ortho intramolecular Hbond substituents is 1. The third kappa shape index (κ3) is 9.96. The number of aldehydes is 1. The quantitative estimate of drug-likeness (QED) is 0.215. The molecule has 0 saturated carbocycles. The van der Waals surface area contributed by atoms with E-state index in [0.717, 1.165) is 11.8 Å². The zero-order valence-corrected chi connectivity index (χ0v) is 16.2. The lowest BCUT2D eigenvalue weighted by Crippen LogP contribution is -1.97. The van der Waals surface area contributed by atoms with Gasteiger partial charge in [0.05, 0.1) is 12.2 Å². The smallest absolute Gasteiger partial charge is 0.153 e. The molecule has 0 heterocycles. The molecule has 136 valence electrons. The Balaban J connectivity index is 1.90. The van der Waals surface area contributed by atoms with Gasteiger partial charge in [-0.05, 0) is 25.0 Å². The molecule has 0 spiro atoms. The maximum atomic E-state index is 10.6. The summed E-state index contributed by atoms with van der Waals surface area (Å²) in [5.74, 6) is 0.604. The SMILES string of the molecule is O=Cc1ccc(OCCCCCCCCCCCCCBr)cc1O. The first kappa shape index (κ1) is 21.0. The van der Waals surface area contributed by atoms with Crippen molar-refractivity contribution in [3.05, 3.63) is 23.8 Å². The number of halogens is 1. The number of alkyl halides is 1. The second-order valence-corrected chi connectivity index (χ2v) is 7.06. The van der Waals surface area contributed by atoms with Crippen LogP contribution in [-0.2, 0) is 0 Å². The number of rotatable bonds is 15. The molecule has 3 nitrogen and oxygen atoms in total. The van der Waals surface area contributed by atoms with Gasteiger partial charge >= 0.3 is 0 Å². The van der Waals surface area contributed by atoms with E-state index in [2.05, 4.69) is 15.9 Å². The molecular weight excluding hydrogens is 368 g/mol. The molecule has 0 aliphatic rings. The van der Waals surface area contributed by atoms with E-state index in [9.17, 15) is 9.90 Å². The van der Waals surface area contributed by atoms with E-state index >= 15 is 0 Å². The Kier molecular flexibility index (Phi) is 12.5. The van der Waals surface area contributed by atoms with Gasteiger partial charge in [-0.25, -0.2) is 0 Å². The van der Waals surface area contributed by atoms with Crippen molar-refractivity contribution in [2.24, 2.45) is 0 Å². The second-order valence-electron chi connectivity index (χ2n) is 6.27. The lowest BCUT2D eigenvalue weighted by atomic mass is 10.1. The Bertz CT molecular complexity index is 449. The van der Waals surface area contributed by atoms with Crippen LogP contribution in [0.15, 0.2) is 18.2 Å². The fourth-order valence-electron chi connectivity index (χ4n) is 2.69. The Labute approximate surface area is 154 Å². The van der Waals surface area contributed by atoms with E-state index in [4.69, 9.17) is 4.74 Å². The lowest BCUT2D eigenvalue weighted by Gasteiger charge is -2.07. The van der Waals surface area contributed by atoms with Gasteiger partial charge in [-0.2, -0.15) is 0 Å². The molecule has 0 aliphatic heterocycles. The molecule has 1 N–H and O–H groups in total. The minimum absolute atomic E-state index is 0.0188. The Morgan fingerprint density at radius 1 is 0.875 bits per heavy atom. The molecule has 4 heteroatoms. The third-order valence-electron chi connectivity index (χ3n) is 4.18. The van der Waals surface area contributed by atoms with Crippen LogP contribution in [0, 0.1) is 0 Å². The summed E-state index contributed by atoms with van der Waals surface area (Å²) in [7, 11) is 0. The average molecular weight is 399 g/mol. The maximum Gasteiger partial charge on any atom is 0.153 e. The zero-order chi connectivity index (χ0) is 17.5. The molecule has 24 heavy (non-hydrogen) atoms. The zero-order valence-electron chi connectivity index (χ0n) is 14.6. The van der Waals surface area contributed by atoms with Crippen molar-refractivity contribution in [1.82, 2.24) is 0 Å². The average Bonchev–Trinajstić information content (AvgIpc) is 2.59. The highest BCUT2D eigenvalue weighted by Gasteiger charge is 2.02. The normalized spacial score (nSPS) is 10.7. The van der Waals surface area contributed by atoms with E-state index in [1.807, 2.05) is 0 Å². The van der Waals surface area contributed by atoms with Crippen LogP contribution in [0.4, 0.5) is 0 Å². The molecule has 1 aromatic rings. The summed E-state index contributed by atoms with van der Waals surface area (Å²) in [5, 5.41) is 10.7. The number of unbranched alkanes of at least 4 members (excludes halogenated alkanes) is 10. The number of ether oxygens (including phenoxy) is 1. The fraction of sp³-hybridized carbons (Fsp3) is 0.650. The van der Waals surface area contributed by atoms with E-state index in [1.54, 1.807) is 12.1 Å². The molecule has 0 bridgehead atoms. The minimum Gasteiger partial charge on any atom is -0.507 e. The van der Waals surface area contributed by atoms with Crippen molar-refractivity contribution in [1.29, 1.82) is 0 Å². The van der Waals surface area contributed by atoms with Crippen LogP contribution in [0.2, 0.25) is 0 Å². The van der Waals surface area contributed by atoms with Crippen molar-refractivity contribution in [3.63, 3.8) is 0 Å². The number of aromatic hydroxyl groups is 1. The van der Waals surface area contributed by atoms with Crippen LogP contribution < -0.4 is 4.74 Å². The topological polar surface area (TPSA) is 46.5 Å². The Morgan fingerprint density at radius 3 is 1.92 bits per heavy atom. The highest BCUT2D eigenvalue weighted by Crippen LogP contribution is 2.22. The molecule has 0 atom stereocenters. The monoisotopic (exact) mass is 398 g/mol. The summed E-state index contributed by atoms with van der Waals surface area (Å²) < 4.78 is 5.60. The van der Waals surface area contributed by atoms with Gasteiger partial charge in [0, 0.05) is 11.4 Å². The molecule has 0 amide bonds. The van der Waals surface area contributed by atoms with E-state index < -0.39 is 0 Å². The lowest BCUT2D eigenvalue weighted by molar-refractivity contribution is 0.112. The summed E-state index contributed by atoms with van der Waals surface area (Å²) in [6, 6.07) is 4.81. The van der Waals surface area contributed by atoms with Crippen molar-refractivity contribution >= 4 is 22.2 Å². The van der Waals surface area contributed by atoms with Crippen LogP contribution in [0.3, 0.4) is 0 Å². The summed E-state index contributed by atoms with van der Waals surface area (Å²) >= 11 is 3.47. The van der Waals surface area contributed by atoms with Gasteiger partial charge in [0.1, 0.15) is 11.5 Å². The van der Waals surface area contributed by atoms with Crippen molar-refractivity contribution in [2.75, 3.05) is 11.9 Å². The molecule has 0 aromatic heterocycles. The number of hydrogen-bond donors (Lipinski definition) is 1. The van der Waals surface area contributed by atoms with Crippen LogP contribution in [0.5, 0.6) is 11.5 Å². The highest BCUT2D eigenvalue weighted by atomic mass is 79.9. The molecule has 0 radical (unpaired) electrons. The number of phenols is 1. The molecule has 0 aliphatic carbocycles. The number of carbonyl (C=O) groups excluding carboxylic acids is 1. The second kappa shape index (κ2) is 14.3.